The summed E-state index contributed by atoms with van der Waals surface area (Å²) in [6.45, 7) is 2.40. The molecular formula is C23H27N5O3S. The number of nitrogen functional groups attached to an aromatic ring is 1. The minimum Gasteiger partial charge on any atom is -0.457 e. The van der Waals surface area contributed by atoms with Gasteiger partial charge in [-0.25, -0.2) is 14.2 Å². The third-order valence-corrected chi connectivity index (χ3v) is 6.14. The zero-order valence-electron chi connectivity index (χ0n) is 17.7. The summed E-state index contributed by atoms with van der Waals surface area (Å²) in [6, 6.07) is 17.3. The molecule has 1 atom stereocenters. The van der Waals surface area contributed by atoms with Gasteiger partial charge in [0.2, 0.25) is 0 Å². The largest absolute Gasteiger partial charge is 0.457 e. The molecule has 1 saturated heterocycles. The molecular weight excluding hydrogens is 426 g/mol. The number of para-hydroxylation sites is 1. The smallest absolute Gasteiger partial charge is 0.167 e. The molecule has 0 bridgehead atoms. The van der Waals surface area contributed by atoms with Crippen LogP contribution in [0.2, 0.25) is 0 Å². The van der Waals surface area contributed by atoms with E-state index in [2.05, 4.69) is 15.3 Å². The third kappa shape index (κ3) is 5.82. The summed E-state index contributed by atoms with van der Waals surface area (Å²) in [6.07, 6.45) is 3.39. The van der Waals surface area contributed by atoms with Crippen molar-refractivity contribution in [3.05, 3.63) is 60.9 Å². The van der Waals surface area contributed by atoms with Crippen molar-refractivity contribution in [2.75, 3.05) is 36.6 Å². The first-order chi connectivity index (χ1) is 15.6. The van der Waals surface area contributed by atoms with E-state index < -0.39 is 11.1 Å². The Morgan fingerprint density at radius 2 is 1.75 bits per heavy atom. The third-order valence-electron chi connectivity index (χ3n) is 5.56. The number of hydrogen-bond donors (Lipinski definition) is 3. The number of likely N-dealkylation sites (tertiary alicyclic amines) is 1. The number of benzene rings is 2. The van der Waals surface area contributed by atoms with Crippen molar-refractivity contribution in [1.82, 2.24) is 14.9 Å². The molecule has 1 aromatic heterocycles. The first-order valence-electron chi connectivity index (χ1n) is 10.6. The lowest BCUT2D eigenvalue weighted by Crippen LogP contribution is -2.37. The number of nitrogens with two attached hydrogens (primary N) is 1. The van der Waals surface area contributed by atoms with Crippen molar-refractivity contribution in [1.29, 1.82) is 0 Å². The molecule has 1 unspecified atom stereocenters. The van der Waals surface area contributed by atoms with Crippen molar-refractivity contribution < 1.29 is 13.5 Å². The van der Waals surface area contributed by atoms with Gasteiger partial charge in [-0.3, -0.25) is 4.90 Å². The van der Waals surface area contributed by atoms with E-state index in [-0.39, 0.29) is 5.88 Å². The minimum atomic E-state index is -1.78. The zero-order valence-corrected chi connectivity index (χ0v) is 18.5. The molecule has 4 N–H and O–H groups in total. The van der Waals surface area contributed by atoms with Crippen LogP contribution in [0.5, 0.6) is 11.5 Å². The Kier molecular flexibility index (Phi) is 7.31. The van der Waals surface area contributed by atoms with Crippen LogP contribution < -0.4 is 15.8 Å². The lowest BCUT2D eigenvalue weighted by atomic mass is 9.97. The van der Waals surface area contributed by atoms with Crippen molar-refractivity contribution >= 4 is 22.7 Å². The van der Waals surface area contributed by atoms with Crippen LogP contribution in [0.4, 0.5) is 11.6 Å². The van der Waals surface area contributed by atoms with E-state index in [0.29, 0.717) is 17.6 Å². The fourth-order valence-corrected chi connectivity index (χ4v) is 4.42. The van der Waals surface area contributed by atoms with Crippen LogP contribution >= 0.6 is 0 Å². The SMILES string of the molecule is Nc1ncnc(NCC2CCN(CS(=O)O)CC2)c1-c1ccc(Oc2ccccc2)cc1. The topological polar surface area (TPSA) is 114 Å². The number of anilines is 2. The number of nitrogens with zero attached hydrogens (tertiary/aromatic N) is 3. The number of rotatable bonds is 8. The Balaban J connectivity index is 1.41. The zero-order chi connectivity index (χ0) is 22.3. The van der Waals surface area contributed by atoms with Gasteiger partial charge in [0.15, 0.2) is 11.1 Å². The first-order valence-corrected chi connectivity index (χ1v) is 11.8. The second kappa shape index (κ2) is 10.5. The molecule has 4 rings (SSSR count). The number of hydrogen-bond acceptors (Lipinski definition) is 7. The van der Waals surface area contributed by atoms with Gasteiger partial charge in [-0.15, -0.1) is 0 Å². The maximum absolute atomic E-state index is 11.0. The van der Waals surface area contributed by atoms with E-state index in [4.69, 9.17) is 15.0 Å². The van der Waals surface area contributed by atoms with E-state index in [9.17, 15) is 4.21 Å². The average Bonchev–Trinajstić information content (AvgIpc) is 2.80. The molecule has 9 heteroatoms. The van der Waals surface area contributed by atoms with Gasteiger partial charge in [0.05, 0.1) is 5.56 Å². The summed E-state index contributed by atoms with van der Waals surface area (Å²) in [7, 11) is 0. The highest BCUT2D eigenvalue weighted by Crippen LogP contribution is 2.33. The predicted molar refractivity (Wildman–Crippen MR) is 127 cm³/mol. The van der Waals surface area contributed by atoms with Crippen LogP contribution in [-0.4, -0.2) is 49.1 Å². The first kappa shape index (κ1) is 22.2. The fourth-order valence-electron chi connectivity index (χ4n) is 3.85. The second-order valence-corrected chi connectivity index (χ2v) is 8.72. The molecule has 0 spiro atoms. The molecule has 168 valence electrons. The molecule has 8 nitrogen and oxygen atoms in total. The number of nitrogens with one attached hydrogen (secondary N) is 1. The highest BCUT2D eigenvalue weighted by Gasteiger charge is 2.21. The lowest BCUT2D eigenvalue weighted by Gasteiger charge is -2.31. The summed E-state index contributed by atoms with van der Waals surface area (Å²) in [5, 5.41) is 3.44. The van der Waals surface area contributed by atoms with Gasteiger partial charge in [-0.2, -0.15) is 0 Å². The molecule has 0 saturated carbocycles. The monoisotopic (exact) mass is 453 g/mol. The molecule has 32 heavy (non-hydrogen) atoms. The summed E-state index contributed by atoms with van der Waals surface area (Å²) < 4.78 is 25.9. The maximum atomic E-state index is 11.0. The Bertz CT molecular complexity index is 1040. The Morgan fingerprint density at radius 1 is 1.06 bits per heavy atom. The number of ether oxygens (including phenoxy) is 1. The Labute approximate surface area is 190 Å². The summed E-state index contributed by atoms with van der Waals surface area (Å²) in [5.41, 5.74) is 7.89. The molecule has 2 heterocycles. The van der Waals surface area contributed by atoms with Crippen molar-refractivity contribution in [3.8, 4) is 22.6 Å². The molecule has 1 aliphatic heterocycles. The van der Waals surface area contributed by atoms with Gasteiger partial charge in [0.1, 0.15) is 35.3 Å². The molecule has 1 aliphatic rings. The van der Waals surface area contributed by atoms with Crippen LogP contribution in [0.1, 0.15) is 12.8 Å². The number of aromatic nitrogens is 2. The van der Waals surface area contributed by atoms with E-state index in [1.165, 1.54) is 6.33 Å². The molecule has 0 radical (unpaired) electrons. The minimum absolute atomic E-state index is 0.219. The molecule has 2 aromatic carbocycles. The van der Waals surface area contributed by atoms with Gasteiger partial charge in [-0.05, 0) is 61.7 Å². The van der Waals surface area contributed by atoms with Crippen molar-refractivity contribution in [2.45, 2.75) is 12.8 Å². The summed E-state index contributed by atoms with van der Waals surface area (Å²) in [4.78, 5) is 10.6. The predicted octanol–water partition coefficient (Wildman–Crippen LogP) is 3.82. The van der Waals surface area contributed by atoms with Gasteiger partial charge in [0, 0.05) is 6.54 Å². The van der Waals surface area contributed by atoms with E-state index in [1.54, 1.807) is 0 Å². The van der Waals surface area contributed by atoms with Gasteiger partial charge in [0.25, 0.3) is 0 Å². The van der Waals surface area contributed by atoms with Gasteiger partial charge >= 0.3 is 0 Å². The molecule has 0 aliphatic carbocycles. The second-order valence-electron chi connectivity index (χ2n) is 7.81. The normalized spacial score (nSPS) is 15.9. The van der Waals surface area contributed by atoms with E-state index in [1.807, 2.05) is 59.5 Å². The lowest BCUT2D eigenvalue weighted by molar-refractivity contribution is 0.213. The summed E-state index contributed by atoms with van der Waals surface area (Å²) in [5.74, 6) is 3.31. The number of piperidine rings is 1. The Morgan fingerprint density at radius 3 is 2.44 bits per heavy atom. The van der Waals surface area contributed by atoms with Crippen LogP contribution in [0.15, 0.2) is 60.9 Å². The highest BCUT2D eigenvalue weighted by atomic mass is 32.2. The maximum Gasteiger partial charge on any atom is 0.167 e. The van der Waals surface area contributed by atoms with Crippen LogP contribution in [0.3, 0.4) is 0 Å². The van der Waals surface area contributed by atoms with E-state index in [0.717, 1.165) is 55.1 Å². The van der Waals surface area contributed by atoms with Gasteiger partial charge < -0.3 is 20.3 Å². The van der Waals surface area contributed by atoms with Crippen LogP contribution in [0, 0.1) is 5.92 Å². The van der Waals surface area contributed by atoms with Crippen LogP contribution in [0.25, 0.3) is 11.1 Å². The standard InChI is InChI=1S/C23H27N5O3S/c24-22-21(18-6-8-20(9-7-18)31-19-4-2-1-3-5-19)23(27-15-26-22)25-14-17-10-12-28(13-11-17)16-32(29)30/h1-9,15,17H,10-14,16H2,(H,29,30)(H3,24,25,26,27). The Hall–Kier alpha value is -3.01. The van der Waals surface area contributed by atoms with Crippen molar-refractivity contribution in [2.24, 2.45) is 5.92 Å². The summed E-state index contributed by atoms with van der Waals surface area (Å²) >= 11 is -1.78. The molecule has 0 amide bonds. The fraction of sp³-hybridized carbons (Fsp3) is 0.304. The van der Waals surface area contributed by atoms with Gasteiger partial charge in [-0.1, -0.05) is 30.3 Å². The average molecular weight is 454 g/mol. The quantitative estimate of drug-likeness (QED) is 0.441. The van der Waals surface area contributed by atoms with E-state index >= 15 is 0 Å². The molecule has 3 aromatic rings. The molecule has 1 fully saturated rings. The van der Waals surface area contributed by atoms with Crippen LogP contribution in [-0.2, 0) is 11.1 Å². The van der Waals surface area contributed by atoms with Crippen molar-refractivity contribution in [3.63, 3.8) is 0 Å². The highest BCUT2D eigenvalue weighted by molar-refractivity contribution is 7.79.